The Morgan fingerprint density at radius 3 is 2.39 bits per heavy atom. The van der Waals surface area contributed by atoms with Gasteiger partial charge in [0, 0.05) is 27.4 Å². The number of hydrogen-bond acceptors (Lipinski definition) is 6. The molecule has 1 heterocycles. The standard InChI is InChI=1S/C8H6N2O2.2C3H7O2.Al/c11-8(12)5-1-2-6-7(3-5)10-4-9-6;2*1-5-3-2-4;/h1-4H,(H,9,10)(H,11,12);2*2-3H2,1H3;/q;2*-1;+2. The molecule has 0 fully saturated rings. The Labute approximate surface area is 141 Å². The summed E-state index contributed by atoms with van der Waals surface area (Å²) >= 11 is -0.349. The molecule has 125 valence electrons. The number of aromatic carboxylic acids is 1. The van der Waals surface area contributed by atoms with E-state index in [0.29, 0.717) is 26.4 Å². The van der Waals surface area contributed by atoms with Gasteiger partial charge in [-0.05, 0) is 18.2 Å². The largest absolute Gasteiger partial charge is 0.668 e. The Hall–Kier alpha value is -1.47. The third kappa shape index (κ3) is 8.09. The van der Waals surface area contributed by atoms with Crippen molar-refractivity contribution in [2.45, 2.75) is 0 Å². The van der Waals surface area contributed by atoms with Crippen LogP contribution in [0.3, 0.4) is 0 Å². The van der Waals surface area contributed by atoms with Gasteiger partial charge in [0.05, 0.1) is 36.1 Å². The van der Waals surface area contributed by atoms with Crippen LogP contribution in [-0.4, -0.2) is 77.6 Å². The maximum absolute atomic E-state index is 10.5. The van der Waals surface area contributed by atoms with E-state index in [4.69, 9.17) is 22.2 Å². The second kappa shape index (κ2) is 12.0. The number of nitrogens with zero attached hydrogens (tertiary/aromatic N) is 1. The van der Waals surface area contributed by atoms with E-state index in [-0.39, 0.29) is 21.5 Å². The van der Waals surface area contributed by atoms with Crippen molar-refractivity contribution >= 4 is 32.9 Å². The molecule has 8 nitrogen and oxygen atoms in total. The first kappa shape index (κ1) is 19.6. The number of aromatic amines is 1. The first-order valence-electron chi connectivity index (χ1n) is 6.88. The quantitative estimate of drug-likeness (QED) is 0.521. The molecule has 0 amide bonds. The van der Waals surface area contributed by atoms with Crippen molar-refractivity contribution in [1.82, 2.24) is 9.97 Å². The lowest BCUT2D eigenvalue weighted by molar-refractivity contribution is 0.0697. The van der Waals surface area contributed by atoms with Crippen LogP contribution in [-0.2, 0) is 17.1 Å². The van der Waals surface area contributed by atoms with Crippen molar-refractivity contribution in [2.24, 2.45) is 0 Å². The second-order valence-corrected chi connectivity index (χ2v) is 5.12. The molecule has 0 aliphatic carbocycles. The van der Waals surface area contributed by atoms with Gasteiger partial charge in [-0.25, -0.2) is 9.78 Å². The van der Waals surface area contributed by atoms with Gasteiger partial charge in [0.1, 0.15) is 0 Å². The fourth-order valence-electron chi connectivity index (χ4n) is 1.48. The zero-order valence-electron chi connectivity index (χ0n) is 13.2. The van der Waals surface area contributed by atoms with Gasteiger partial charge in [-0.3, -0.25) is 0 Å². The number of hydrogen-bond donors (Lipinski definition) is 2. The van der Waals surface area contributed by atoms with Crippen LogP contribution in [0.4, 0.5) is 0 Å². The summed E-state index contributed by atoms with van der Waals surface area (Å²) in [4.78, 5) is 17.3. The van der Waals surface area contributed by atoms with Gasteiger partial charge in [0.25, 0.3) is 0 Å². The van der Waals surface area contributed by atoms with Crippen molar-refractivity contribution in [3.05, 3.63) is 30.1 Å². The smallest absolute Gasteiger partial charge is 0.482 e. The lowest BCUT2D eigenvalue weighted by atomic mass is 10.2. The number of carboxylic acids is 1. The molecule has 0 aliphatic heterocycles. The van der Waals surface area contributed by atoms with Crippen LogP contribution in [0.15, 0.2) is 24.5 Å². The number of carboxylic acid groups (broad SMARTS) is 1. The molecule has 1 aromatic carbocycles. The number of methoxy groups -OCH3 is 2. The number of fused-ring (bicyclic) bond motifs is 1. The number of aromatic nitrogens is 2. The van der Waals surface area contributed by atoms with Gasteiger partial charge in [0.15, 0.2) is 0 Å². The Morgan fingerprint density at radius 1 is 1.17 bits per heavy atom. The average Bonchev–Trinajstić information content (AvgIpc) is 3.02. The molecule has 9 heteroatoms. The molecule has 2 N–H and O–H groups in total. The molecular formula is C14H20AlN2O6. The third-order valence-corrected chi connectivity index (χ3v) is 3.36. The van der Waals surface area contributed by atoms with Crippen molar-refractivity contribution in [1.29, 1.82) is 0 Å². The first-order valence-corrected chi connectivity index (χ1v) is 7.82. The molecule has 0 unspecified atom stereocenters. The summed E-state index contributed by atoms with van der Waals surface area (Å²) in [6, 6.07) is 4.77. The zero-order chi connectivity index (χ0) is 16.9. The number of rotatable bonds is 9. The van der Waals surface area contributed by atoms with Gasteiger partial charge in [-0.1, -0.05) is 0 Å². The van der Waals surface area contributed by atoms with Crippen LogP contribution >= 0.6 is 0 Å². The van der Waals surface area contributed by atoms with Gasteiger partial charge < -0.3 is 27.1 Å². The highest BCUT2D eigenvalue weighted by Crippen LogP contribution is 2.10. The van der Waals surface area contributed by atoms with E-state index in [2.05, 4.69) is 9.97 Å². The van der Waals surface area contributed by atoms with Crippen molar-refractivity contribution < 1.29 is 27.0 Å². The fourth-order valence-corrected chi connectivity index (χ4v) is 1.96. The lowest BCUT2D eigenvalue weighted by Crippen LogP contribution is -2.12. The molecule has 0 bridgehead atoms. The fraction of sp³-hybridized carbons (Fsp3) is 0.429. The molecule has 1 radical (unpaired) electrons. The number of ether oxygens (including phenoxy) is 2. The summed E-state index contributed by atoms with van der Waals surface area (Å²) in [5, 5.41) is 8.65. The Balaban J connectivity index is 0.000000232. The van der Waals surface area contributed by atoms with E-state index in [0.717, 1.165) is 11.0 Å². The predicted octanol–water partition coefficient (Wildman–Crippen LogP) is 1.11. The topological polar surface area (TPSA) is 103 Å². The van der Waals surface area contributed by atoms with Gasteiger partial charge in [-0.15, -0.1) is 0 Å². The van der Waals surface area contributed by atoms with Crippen LogP contribution < -0.4 is 0 Å². The summed E-state index contributed by atoms with van der Waals surface area (Å²) in [7, 11) is 3.29. The Bertz CT molecular complexity index is 569. The van der Waals surface area contributed by atoms with Gasteiger partial charge in [-0.2, -0.15) is 0 Å². The molecule has 2 aromatic rings. The molecule has 0 saturated carbocycles. The van der Waals surface area contributed by atoms with Gasteiger partial charge in [0.2, 0.25) is 0 Å². The minimum absolute atomic E-state index is 0.270. The third-order valence-electron chi connectivity index (χ3n) is 2.61. The number of H-pyrrole nitrogens is 1. The van der Waals surface area contributed by atoms with E-state index in [1.165, 1.54) is 12.4 Å². The summed E-state index contributed by atoms with van der Waals surface area (Å²) in [6.45, 7) is 2.47. The first-order chi connectivity index (χ1) is 11.2. The normalized spacial score (nSPS) is 10.2. The van der Waals surface area contributed by atoms with Crippen molar-refractivity contribution in [3.63, 3.8) is 0 Å². The van der Waals surface area contributed by atoms with E-state index < -0.39 is 5.97 Å². The lowest BCUT2D eigenvalue weighted by Gasteiger charge is -2.02. The Kier molecular flexibility index (Phi) is 10.2. The van der Waals surface area contributed by atoms with E-state index in [1.54, 1.807) is 26.4 Å². The van der Waals surface area contributed by atoms with Crippen LogP contribution in [0.5, 0.6) is 0 Å². The highest BCUT2D eigenvalue weighted by molar-refractivity contribution is 6.17. The van der Waals surface area contributed by atoms with Gasteiger partial charge >= 0.3 is 21.9 Å². The van der Waals surface area contributed by atoms with Crippen LogP contribution in [0, 0.1) is 0 Å². The molecule has 0 atom stereocenters. The number of imidazole rings is 1. The monoisotopic (exact) mass is 339 g/mol. The molecular weight excluding hydrogens is 319 g/mol. The molecule has 2 rings (SSSR count). The predicted molar refractivity (Wildman–Crippen MR) is 84.5 cm³/mol. The maximum atomic E-state index is 10.5. The molecule has 23 heavy (non-hydrogen) atoms. The maximum Gasteiger partial charge on any atom is 0.668 e. The van der Waals surface area contributed by atoms with E-state index >= 15 is 0 Å². The highest BCUT2D eigenvalue weighted by Gasteiger charge is 2.03. The number of nitrogens with one attached hydrogen (secondary N) is 1. The molecule has 0 saturated heterocycles. The number of benzene rings is 1. The van der Waals surface area contributed by atoms with Crippen molar-refractivity contribution in [2.75, 3.05) is 40.6 Å². The SMILES string of the molecule is COCC[O][Al][O]CCOC.O=C(O)c1ccc2nc[nH]c2c1. The van der Waals surface area contributed by atoms with Crippen LogP contribution in [0.2, 0.25) is 0 Å². The van der Waals surface area contributed by atoms with Crippen LogP contribution in [0.1, 0.15) is 10.4 Å². The minimum Gasteiger partial charge on any atom is -0.482 e. The molecule has 0 aliphatic rings. The minimum atomic E-state index is -0.925. The summed E-state index contributed by atoms with van der Waals surface area (Å²) in [5.74, 6) is -0.925. The number of carbonyl (C=O) groups is 1. The second-order valence-electron chi connectivity index (χ2n) is 4.26. The Morgan fingerprint density at radius 2 is 1.83 bits per heavy atom. The highest BCUT2D eigenvalue weighted by atomic mass is 27.2. The summed E-state index contributed by atoms with van der Waals surface area (Å²) < 4.78 is 19.8. The molecule has 1 aromatic heterocycles. The zero-order valence-corrected chi connectivity index (χ0v) is 14.3. The van der Waals surface area contributed by atoms with E-state index in [1.807, 2.05) is 0 Å². The summed E-state index contributed by atoms with van der Waals surface area (Å²) in [6.07, 6.45) is 1.54. The van der Waals surface area contributed by atoms with Crippen molar-refractivity contribution in [3.8, 4) is 0 Å². The summed E-state index contributed by atoms with van der Waals surface area (Å²) in [5.41, 5.74) is 1.79. The average molecular weight is 339 g/mol. The molecule has 0 spiro atoms. The van der Waals surface area contributed by atoms with Crippen LogP contribution in [0.25, 0.3) is 11.0 Å². The van der Waals surface area contributed by atoms with E-state index in [9.17, 15) is 4.79 Å².